The zero-order valence-corrected chi connectivity index (χ0v) is 12.4. The summed E-state index contributed by atoms with van der Waals surface area (Å²) in [6.07, 6.45) is 1.72. The lowest BCUT2D eigenvalue weighted by Crippen LogP contribution is -2.07. The normalized spacial score (nSPS) is 10.3. The van der Waals surface area contributed by atoms with Gasteiger partial charge in [-0.15, -0.1) is 0 Å². The number of hydrogen-bond donors (Lipinski definition) is 1. The van der Waals surface area contributed by atoms with E-state index >= 15 is 0 Å². The Hall–Kier alpha value is -1.59. The van der Waals surface area contributed by atoms with E-state index in [1.165, 1.54) is 0 Å². The predicted octanol–water partition coefficient (Wildman–Crippen LogP) is 3.36. The molecule has 2 aromatic rings. The first-order valence-corrected chi connectivity index (χ1v) is 6.63. The number of ether oxygens (including phenoxy) is 2. The first-order chi connectivity index (χ1) is 9.22. The standard InChI is InChI=1S/C14H15BrN2O2/c1-16-8-10-7-11(15)9-17-14(10)19-13-5-3-12(18-2)4-6-13/h3-7,9,16H,8H2,1-2H3. The quantitative estimate of drug-likeness (QED) is 0.916. The maximum Gasteiger partial charge on any atom is 0.223 e. The van der Waals surface area contributed by atoms with Gasteiger partial charge < -0.3 is 14.8 Å². The summed E-state index contributed by atoms with van der Waals surface area (Å²) in [5.41, 5.74) is 0.993. The molecule has 100 valence electrons. The Morgan fingerprint density at radius 3 is 2.53 bits per heavy atom. The highest BCUT2D eigenvalue weighted by Gasteiger charge is 2.07. The van der Waals surface area contributed by atoms with Crippen molar-refractivity contribution in [3.8, 4) is 17.4 Å². The molecular weight excluding hydrogens is 308 g/mol. The number of pyridine rings is 1. The zero-order chi connectivity index (χ0) is 13.7. The molecule has 0 radical (unpaired) electrons. The third-order valence-electron chi connectivity index (χ3n) is 2.53. The van der Waals surface area contributed by atoms with Gasteiger partial charge in [0.1, 0.15) is 11.5 Å². The fraction of sp³-hybridized carbons (Fsp3) is 0.214. The van der Waals surface area contributed by atoms with Crippen molar-refractivity contribution in [1.29, 1.82) is 0 Å². The van der Waals surface area contributed by atoms with Crippen molar-refractivity contribution in [2.24, 2.45) is 0 Å². The van der Waals surface area contributed by atoms with E-state index in [4.69, 9.17) is 9.47 Å². The Labute approximate surface area is 120 Å². The van der Waals surface area contributed by atoms with Gasteiger partial charge in [0.05, 0.1) is 7.11 Å². The second-order valence-corrected chi connectivity index (χ2v) is 4.84. The van der Waals surface area contributed by atoms with Crippen LogP contribution in [0.4, 0.5) is 0 Å². The van der Waals surface area contributed by atoms with Crippen molar-refractivity contribution in [3.05, 3.63) is 46.6 Å². The van der Waals surface area contributed by atoms with Crippen LogP contribution in [0.15, 0.2) is 41.0 Å². The van der Waals surface area contributed by atoms with Crippen LogP contribution in [-0.4, -0.2) is 19.1 Å². The highest BCUT2D eigenvalue weighted by Crippen LogP contribution is 2.26. The van der Waals surface area contributed by atoms with Gasteiger partial charge >= 0.3 is 0 Å². The topological polar surface area (TPSA) is 43.4 Å². The van der Waals surface area contributed by atoms with E-state index < -0.39 is 0 Å². The molecule has 0 aliphatic carbocycles. The van der Waals surface area contributed by atoms with Crippen LogP contribution in [-0.2, 0) is 6.54 Å². The third kappa shape index (κ3) is 3.68. The van der Waals surface area contributed by atoms with Crippen molar-refractivity contribution in [1.82, 2.24) is 10.3 Å². The summed E-state index contributed by atoms with van der Waals surface area (Å²) < 4.78 is 11.8. The number of methoxy groups -OCH3 is 1. The van der Waals surface area contributed by atoms with E-state index in [2.05, 4.69) is 26.2 Å². The van der Waals surface area contributed by atoms with Crippen LogP contribution in [0, 0.1) is 0 Å². The van der Waals surface area contributed by atoms with Crippen molar-refractivity contribution >= 4 is 15.9 Å². The van der Waals surface area contributed by atoms with Crippen LogP contribution in [0.2, 0.25) is 0 Å². The molecule has 0 saturated carbocycles. The van der Waals surface area contributed by atoms with Crippen LogP contribution in [0.25, 0.3) is 0 Å². The molecule has 0 saturated heterocycles. The SMILES string of the molecule is CNCc1cc(Br)cnc1Oc1ccc(OC)cc1. The van der Waals surface area contributed by atoms with Crippen molar-refractivity contribution in [3.63, 3.8) is 0 Å². The van der Waals surface area contributed by atoms with Gasteiger partial charge in [0.2, 0.25) is 5.88 Å². The molecule has 0 aliphatic heterocycles. The van der Waals surface area contributed by atoms with Crippen LogP contribution in [0.5, 0.6) is 17.4 Å². The molecule has 0 fully saturated rings. The molecule has 0 spiro atoms. The molecule has 1 heterocycles. The molecule has 0 unspecified atom stereocenters. The Kier molecular flexibility index (Phi) is 4.76. The third-order valence-corrected chi connectivity index (χ3v) is 2.97. The maximum absolute atomic E-state index is 5.79. The second kappa shape index (κ2) is 6.54. The lowest BCUT2D eigenvalue weighted by molar-refractivity contribution is 0.411. The number of benzene rings is 1. The number of nitrogens with one attached hydrogen (secondary N) is 1. The molecule has 5 heteroatoms. The monoisotopic (exact) mass is 322 g/mol. The fourth-order valence-electron chi connectivity index (χ4n) is 1.63. The minimum atomic E-state index is 0.600. The minimum Gasteiger partial charge on any atom is -0.497 e. The molecule has 1 aromatic carbocycles. The summed E-state index contributed by atoms with van der Waals surface area (Å²) >= 11 is 3.41. The summed E-state index contributed by atoms with van der Waals surface area (Å²) in [6.45, 7) is 0.692. The Bertz CT molecular complexity index is 544. The number of hydrogen-bond acceptors (Lipinski definition) is 4. The van der Waals surface area contributed by atoms with E-state index in [-0.39, 0.29) is 0 Å². The Morgan fingerprint density at radius 1 is 1.21 bits per heavy atom. The van der Waals surface area contributed by atoms with Gasteiger partial charge in [-0.1, -0.05) is 0 Å². The number of halogens is 1. The summed E-state index contributed by atoms with van der Waals surface area (Å²) in [7, 11) is 3.52. The van der Waals surface area contributed by atoms with Gasteiger partial charge in [-0.2, -0.15) is 0 Å². The lowest BCUT2D eigenvalue weighted by Gasteiger charge is -2.10. The summed E-state index contributed by atoms with van der Waals surface area (Å²) in [5.74, 6) is 2.13. The van der Waals surface area contributed by atoms with Gasteiger partial charge in [0, 0.05) is 22.8 Å². The molecule has 4 nitrogen and oxygen atoms in total. The van der Waals surface area contributed by atoms with E-state index in [1.54, 1.807) is 13.3 Å². The first-order valence-electron chi connectivity index (χ1n) is 5.84. The van der Waals surface area contributed by atoms with Gasteiger partial charge in [-0.3, -0.25) is 0 Å². The number of rotatable bonds is 5. The summed E-state index contributed by atoms with van der Waals surface area (Å²) in [6, 6.07) is 9.40. The van der Waals surface area contributed by atoms with Gasteiger partial charge in [0.15, 0.2) is 0 Å². The Morgan fingerprint density at radius 2 is 1.89 bits per heavy atom. The smallest absolute Gasteiger partial charge is 0.223 e. The van der Waals surface area contributed by atoms with Crippen LogP contribution in [0.1, 0.15) is 5.56 Å². The Balaban J connectivity index is 2.21. The van der Waals surface area contributed by atoms with Crippen molar-refractivity contribution in [2.75, 3.05) is 14.2 Å². The van der Waals surface area contributed by atoms with Crippen molar-refractivity contribution in [2.45, 2.75) is 6.54 Å². The molecule has 0 bridgehead atoms. The fourth-order valence-corrected chi connectivity index (χ4v) is 2.01. The molecular formula is C14H15BrN2O2. The van der Waals surface area contributed by atoms with E-state index in [9.17, 15) is 0 Å². The largest absolute Gasteiger partial charge is 0.497 e. The number of aromatic nitrogens is 1. The number of nitrogens with zero attached hydrogens (tertiary/aromatic N) is 1. The second-order valence-electron chi connectivity index (χ2n) is 3.93. The van der Waals surface area contributed by atoms with Crippen LogP contribution < -0.4 is 14.8 Å². The molecule has 1 aromatic heterocycles. The van der Waals surface area contributed by atoms with E-state index in [0.717, 1.165) is 21.5 Å². The van der Waals surface area contributed by atoms with Gasteiger partial charge in [-0.25, -0.2) is 4.98 Å². The maximum atomic E-state index is 5.79. The molecule has 1 N–H and O–H groups in total. The average molecular weight is 323 g/mol. The molecule has 0 atom stereocenters. The summed E-state index contributed by atoms with van der Waals surface area (Å²) in [5, 5.41) is 3.09. The van der Waals surface area contributed by atoms with Gasteiger partial charge in [-0.05, 0) is 53.3 Å². The molecule has 0 aliphatic rings. The minimum absolute atomic E-state index is 0.600. The first kappa shape index (κ1) is 13.8. The van der Waals surface area contributed by atoms with E-state index in [0.29, 0.717) is 12.4 Å². The van der Waals surface area contributed by atoms with Gasteiger partial charge in [0.25, 0.3) is 0 Å². The van der Waals surface area contributed by atoms with Crippen LogP contribution in [0.3, 0.4) is 0 Å². The zero-order valence-electron chi connectivity index (χ0n) is 10.8. The van der Waals surface area contributed by atoms with Crippen molar-refractivity contribution < 1.29 is 9.47 Å². The molecule has 0 amide bonds. The molecule has 19 heavy (non-hydrogen) atoms. The summed E-state index contributed by atoms with van der Waals surface area (Å²) in [4.78, 5) is 4.29. The molecule has 2 rings (SSSR count). The lowest BCUT2D eigenvalue weighted by atomic mass is 10.2. The highest BCUT2D eigenvalue weighted by molar-refractivity contribution is 9.10. The predicted molar refractivity (Wildman–Crippen MR) is 77.8 cm³/mol. The van der Waals surface area contributed by atoms with Crippen LogP contribution >= 0.6 is 15.9 Å². The van der Waals surface area contributed by atoms with E-state index in [1.807, 2.05) is 37.4 Å². The highest BCUT2D eigenvalue weighted by atomic mass is 79.9. The average Bonchev–Trinajstić information content (AvgIpc) is 2.43.